The summed E-state index contributed by atoms with van der Waals surface area (Å²) in [4.78, 5) is 34.3. The van der Waals surface area contributed by atoms with Crippen LogP contribution in [0.5, 0.6) is 11.8 Å². The SMILES string of the molecule is [2H]C([2H])([2H])[C@@]1([2H])Oc2nc(c(N(C(=O)OC(C)(C)C)C(=O)OC(C)(C)C)cc2C(F)(F)F)-c2nnc(o2)[C@@](OCc2ccccc2)(C(F)(F)F)CCC=CC1([2H])[2H].[2H]C([2H])([2H])[C@@]1([2H])Oc2nc(c(N)cc2C(F)(F)F)-c2nnc(o2)[C@@](O)(C(F)(F)F)CCCCC1([2H])[2H]. The van der Waals surface area contributed by atoms with Gasteiger partial charge in [-0.3, -0.25) is 0 Å². The van der Waals surface area contributed by atoms with E-state index in [1.807, 2.05) is 0 Å². The van der Waals surface area contributed by atoms with Crippen LogP contribution in [-0.2, 0) is 44.4 Å². The number of imide groups is 1. The molecule has 0 fully saturated rings. The Morgan fingerprint density at radius 3 is 1.83 bits per heavy atom. The molecule has 18 nitrogen and oxygen atoms in total. The molecule has 0 spiro atoms. The predicted octanol–water partition coefficient (Wildman–Crippen LogP) is 13.5. The molecule has 81 heavy (non-hydrogen) atoms. The van der Waals surface area contributed by atoms with Gasteiger partial charge in [0.2, 0.25) is 23.0 Å². The monoisotopic (exact) mass is 1180 g/mol. The summed E-state index contributed by atoms with van der Waals surface area (Å²) < 4.78 is 306. The van der Waals surface area contributed by atoms with Gasteiger partial charge in [-0.05, 0) is 111 Å². The summed E-state index contributed by atoms with van der Waals surface area (Å²) in [5, 5.41) is 23.9. The quantitative estimate of drug-likeness (QED) is 0.126. The molecule has 0 saturated carbocycles. The zero-order chi connectivity index (χ0) is 70.7. The van der Waals surface area contributed by atoms with Gasteiger partial charge in [0.05, 0.1) is 26.8 Å². The van der Waals surface area contributed by atoms with Crippen molar-refractivity contribution in [3.63, 3.8) is 0 Å². The number of carbonyl (C=O) groups excluding carboxylic acids is 2. The number of allylic oxidation sites excluding steroid dienone is 1. The van der Waals surface area contributed by atoms with Crippen LogP contribution in [0, 0.1) is 0 Å². The van der Waals surface area contributed by atoms with E-state index in [0.29, 0.717) is 6.08 Å². The average molecular weight is 1180 g/mol. The Morgan fingerprint density at radius 1 is 0.728 bits per heavy atom. The number of nitrogens with zero attached hydrogens (tertiary/aromatic N) is 7. The standard InChI is InChI=1S/C34H38F6N4O7.C17H18F6N4O3/c1-20-14-10-9-13-17-32(34(38,39)40,47-19-21-15-11-8-12-16-21)27-43-42-26(49-27)24-23(18-22(33(35,36)37)25(41-24)48-20)44(28(45)50-30(2,3)4)29(46)51-31(5,6)7;1-8-5-3-2-4-6-15(28,17(21,22)23)14-27-26-13(30-14)11-10(24)7-9(16(18,19)20)12(25-11)29-8/h8-12,15-16,18,20H,13-14,17,19H2,1-7H3;7-8,28H,2-6,24H2,1H3/t20-,32-;8-,15-/m11/s1/i1D3,14D2,20D;1D3,5D2,8D. The van der Waals surface area contributed by atoms with Gasteiger partial charge in [0.15, 0.2) is 11.4 Å². The summed E-state index contributed by atoms with van der Waals surface area (Å²) in [6.45, 7) is -0.355. The Hall–Kier alpha value is -7.24. The molecule has 6 heterocycles. The Bertz CT molecular complexity index is 3540. The lowest BCUT2D eigenvalue weighted by Gasteiger charge is -2.32. The van der Waals surface area contributed by atoms with E-state index in [2.05, 4.69) is 30.4 Å². The number of benzene rings is 1. The highest BCUT2D eigenvalue weighted by Gasteiger charge is 2.61. The molecule has 0 radical (unpaired) electrons. The van der Waals surface area contributed by atoms with Crippen LogP contribution in [0.25, 0.3) is 23.2 Å². The van der Waals surface area contributed by atoms with Gasteiger partial charge in [-0.2, -0.15) is 57.6 Å². The van der Waals surface area contributed by atoms with Gasteiger partial charge >= 0.3 is 36.9 Å². The van der Waals surface area contributed by atoms with Gasteiger partial charge in [0.1, 0.15) is 28.4 Å². The van der Waals surface area contributed by atoms with Crippen LogP contribution in [0.2, 0.25) is 0 Å². The maximum atomic E-state index is 15.4. The number of hydrogen-bond donors (Lipinski definition) is 2. The Morgan fingerprint density at radius 2 is 1.27 bits per heavy atom. The van der Waals surface area contributed by atoms with E-state index in [-0.39, 0.29) is 22.6 Å². The Kier molecular flexibility index (Phi) is 13.9. The first-order valence-corrected chi connectivity index (χ1v) is 23.5. The van der Waals surface area contributed by atoms with E-state index in [9.17, 15) is 54.2 Å². The highest BCUT2D eigenvalue weighted by molar-refractivity contribution is 6.11. The van der Waals surface area contributed by atoms with Gasteiger partial charge in [0.25, 0.3) is 23.6 Å². The molecule has 2 aliphatic rings. The van der Waals surface area contributed by atoms with Crippen LogP contribution >= 0.6 is 0 Å². The largest absolute Gasteiger partial charge is 0.474 e. The fraction of sp³-hybridized carbons (Fsp3) is 0.529. The molecule has 2 aliphatic heterocycles. The van der Waals surface area contributed by atoms with Crippen molar-refractivity contribution in [1.82, 2.24) is 30.4 Å². The minimum atomic E-state index is -5.64. The molecule has 4 aromatic heterocycles. The number of nitrogen functional groups attached to an aromatic ring is 1. The predicted molar refractivity (Wildman–Crippen MR) is 260 cm³/mol. The lowest BCUT2D eigenvalue weighted by atomic mass is 9.94. The van der Waals surface area contributed by atoms with Crippen molar-refractivity contribution in [3.8, 4) is 34.9 Å². The number of amides is 2. The fourth-order valence-electron chi connectivity index (χ4n) is 7.12. The van der Waals surface area contributed by atoms with E-state index >= 15 is 13.2 Å². The fourth-order valence-corrected chi connectivity index (χ4v) is 7.12. The summed E-state index contributed by atoms with van der Waals surface area (Å²) >= 11 is 0. The molecule has 4 atom stereocenters. The van der Waals surface area contributed by atoms with Crippen LogP contribution in [-0.4, -0.2) is 83.4 Å². The number of carbonyl (C=O) groups is 2. The molecule has 5 aromatic rings. The lowest BCUT2D eigenvalue weighted by Crippen LogP contribution is -2.45. The topological polar surface area (TPSA) is 233 Å². The zero-order valence-electron chi connectivity index (χ0n) is 55.0. The normalized spacial score (nSPS) is 26.1. The molecule has 8 bridgehead atoms. The summed E-state index contributed by atoms with van der Waals surface area (Å²) in [6, 6.07) is 7.66. The number of alkyl halides is 12. The molecule has 30 heteroatoms. The van der Waals surface area contributed by atoms with E-state index in [1.54, 1.807) is 6.07 Å². The molecular formula is C51H56F12N8O10. The van der Waals surface area contributed by atoms with E-state index in [1.165, 1.54) is 65.8 Å². The summed E-state index contributed by atoms with van der Waals surface area (Å²) in [7, 11) is 0. The maximum Gasteiger partial charge on any atom is 0.426 e. The Labute approximate surface area is 471 Å². The van der Waals surface area contributed by atoms with Gasteiger partial charge in [0, 0.05) is 20.1 Å². The van der Waals surface area contributed by atoms with E-state index in [0.717, 1.165) is 6.08 Å². The number of nitrogens with two attached hydrogens (primary N) is 1. The van der Waals surface area contributed by atoms with E-state index < -0.39 is 212 Å². The average Bonchev–Trinajstić information content (AvgIpc) is 1.64. The van der Waals surface area contributed by atoms with Crippen molar-refractivity contribution >= 4 is 23.6 Å². The number of hydrogen-bond acceptors (Lipinski definition) is 17. The highest BCUT2D eigenvalue weighted by Crippen LogP contribution is 2.49. The van der Waals surface area contributed by atoms with Crippen molar-refractivity contribution in [2.45, 2.75) is 172 Å². The minimum Gasteiger partial charge on any atom is -0.474 e. The molecule has 444 valence electrons. The van der Waals surface area contributed by atoms with Gasteiger partial charge in [-0.25, -0.2) is 19.6 Å². The van der Waals surface area contributed by atoms with Crippen LogP contribution in [0.3, 0.4) is 0 Å². The second-order valence-corrected chi connectivity index (χ2v) is 19.4. The van der Waals surface area contributed by atoms with Crippen molar-refractivity contribution < 1.29 is 116 Å². The summed E-state index contributed by atoms with van der Waals surface area (Å²) in [5.41, 5.74) is -12.4. The molecule has 7 rings (SSSR count). The third-order valence-electron chi connectivity index (χ3n) is 10.8. The number of rotatable bonds is 4. The summed E-state index contributed by atoms with van der Waals surface area (Å²) in [5.74, 6) is -8.32. The third kappa shape index (κ3) is 15.2. The summed E-state index contributed by atoms with van der Waals surface area (Å²) in [6.07, 6.45) is -43.7. The Balaban J connectivity index is 0.000000327. The van der Waals surface area contributed by atoms with E-state index in [4.69, 9.17) is 54.7 Å². The number of ether oxygens (including phenoxy) is 5. The smallest absolute Gasteiger partial charge is 0.426 e. The van der Waals surface area contributed by atoms with Crippen molar-refractivity contribution in [3.05, 3.63) is 83.1 Å². The molecule has 0 unspecified atom stereocenters. The molecule has 1 aromatic carbocycles. The first kappa shape index (κ1) is 47.4. The number of aromatic nitrogens is 6. The van der Waals surface area contributed by atoms with Crippen LogP contribution in [0.4, 0.5) is 73.6 Å². The first-order valence-electron chi connectivity index (χ1n) is 29.5. The second kappa shape index (κ2) is 23.7. The van der Waals surface area contributed by atoms with Crippen molar-refractivity contribution in [1.29, 1.82) is 0 Å². The number of halogens is 12. The van der Waals surface area contributed by atoms with Crippen molar-refractivity contribution in [2.24, 2.45) is 0 Å². The van der Waals surface area contributed by atoms with Gasteiger partial charge in [-0.1, -0.05) is 48.9 Å². The van der Waals surface area contributed by atoms with Crippen LogP contribution < -0.4 is 20.1 Å². The number of fused-ring (bicyclic) bond motifs is 10. The molecular weight excluding hydrogens is 1110 g/mol. The lowest BCUT2D eigenvalue weighted by molar-refractivity contribution is -0.299. The maximum absolute atomic E-state index is 15.4. The van der Waals surface area contributed by atoms with Gasteiger partial charge in [-0.15, -0.1) is 20.4 Å². The first-order chi connectivity index (χ1) is 42.0. The number of pyridine rings is 2. The molecule has 2 amide bonds. The molecule has 0 saturated heterocycles. The van der Waals surface area contributed by atoms with Crippen molar-refractivity contribution in [2.75, 3.05) is 10.6 Å². The number of anilines is 2. The molecule has 0 aliphatic carbocycles. The molecule has 3 N–H and O–H groups in total. The third-order valence-corrected chi connectivity index (χ3v) is 10.8. The van der Waals surface area contributed by atoms with Gasteiger partial charge < -0.3 is 43.4 Å². The van der Waals surface area contributed by atoms with Crippen LogP contribution in [0.15, 0.2) is 63.5 Å². The van der Waals surface area contributed by atoms with Crippen LogP contribution in [0.1, 0.15) is 151 Å². The number of aliphatic hydroxyl groups is 1. The highest BCUT2D eigenvalue weighted by atomic mass is 19.4. The minimum absolute atomic E-state index is 0.00446. The zero-order valence-corrected chi connectivity index (χ0v) is 43.0. The second-order valence-electron chi connectivity index (χ2n) is 19.4.